The predicted octanol–water partition coefficient (Wildman–Crippen LogP) is 2.70. The lowest BCUT2D eigenvalue weighted by atomic mass is 10.1. The summed E-state index contributed by atoms with van der Waals surface area (Å²) >= 11 is 0. The Hall–Kier alpha value is -1.93. The average molecular weight is 239 g/mol. The Morgan fingerprint density at radius 1 is 0.889 bits per heavy atom. The Morgan fingerprint density at radius 3 is 2.17 bits per heavy atom. The molecule has 0 aliphatic carbocycles. The number of benzene rings is 2. The summed E-state index contributed by atoms with van der Waals surface area (Å²) in [5.74, 6) is 0.142. The van der Waals surface area contributed by atoms with Gasteiger partial charge in [0.25, 0.3) is 0 Å². The highest BCUT2D eigenvalue weighted by Crippen LogP contribution is 2.00. The molecule has 0 radical (unpaired) electrons. The van der Waals surface area contributed by atoms with Gasteiger partial charge in [0.15, 0.2) is 5.78 Å². The first-order chi connectivity index (χ1) is 8.86. The summed E-state index contributed by atoms with van der Waals surface area (Å²) in [5, 5.41) is 3.18. The quantitative estimate of drug-likeness (QED) is 0.620. The molecule has 0 aromatic heterocycles. The molecule has 0 aliphatic heterocycles. The van der Waals surface area contributed by atoms with Crippen LogP contribution in [0.1, 0.15) is 15.9 Å². The van der Waals surface area contributed by atoms with Crippen LogP contribution in [0.3, 0.4) is 0 Å². The van der Waals surface area contributed by atoms with E-state index in [1.807, 2.05) is 48.5 Å². The number of carbonyl (C=O) groups excluding carboxylic acids is 1. The second-order valence-corrected chi connectivity index (χ2v) is 4.20. The lowest BCUT2D eigenvalue weighted by molar-refractivity contribution is 0.0991. The fraction of sp³-hybridized carbons (Fsp3) is 0.188. The van der Waals surface area contributed by atoms with Crippen LogP contribution in [-0.2, 0) is 6.42 Å². The molecule has 0 unspecified atom stereocenters. The van der Waals surface area contributed by atoms with Gasteiger partial charge in [0.05, 0.1) is 6.54 Å². The third kappa shape index (κ3) is 3.82. The lowest BCUT2D eigenvalue weighted by Crippen LogP contribution is -2.25. The highest BCUT2D eigenvalue weighted by atomic mass is 16.1. The molecular formula is C16H17NO. The Balaban J connectivity index is 1.72. The first kappa shape index (κ1) is 12.5. The van der Waals surface area contributed by atoms with Gasteiger partial charge < -0.3 is 5.32 Å². The second-order valence-electron chi connectivity index (χ2n) is 4.20. The summed E-state index contributed by atoms with van der Waals surface area (Å²) < 4.78 is 0. The smallest absolute Gasteiger partial charge is 0.176 e. The molecule has 2 aromatic carbocycles. The van der Waals surface area contributed by atoms with Gasteiger partial charge >= 0.3 is 0 Å². The molecule has 0 heterocycles. The molecule has 2 rings (SSSR count). The summed E-state index contributed by atoms with van der Waals surface area (Å²) in [5.41, 5.74) is 2.06. The maximum absolute atomic E-state index is 11.8. The molecule has 0 saturated carbocycles. The van der Waals surface area contributed by atoms with Crippen LogP contribution in [0, 0.1) is 0 Å². The molecule has 0 bridgehead atoms. The molecule has 2 heteroatoms. The minimum absolute atomic E-state index is 0.142. The van der Waals surface area contributed by atoms with Crippen LogP contribution in [0.25, 0.3) is 0 Å². The summed E-state index contributed by atoms with van der Waals surface area (Å²) in [7, 11) is 0. The molecule has 0 aliphatic rings. The van der Waals surface area contributed by atoms with Crippen molar-refractivity contribution in [1.29, 1.82) is 0 Å². The van der Waals surface area contributed by atoms with Crippen LogP contribution in [0.5, 0.6) is 0 Å². The van der Waals surface area contributed by atoms with Crippen molar-refractivity contribution in [3.05, 3.63) is 71.8 Å². The molecule has 0 saturated heterocycles. The van der Waals surface area contributed by atoms with Crippen LogP contribution in [0.2, 0.25) is 0 Å². The van der Waals surface area contributed by atoms with Gasteiger partial charge in [0, 0.05) is 5.56 Å². The topological polar surface area (TPSA) is 29.1 Å². The van der Waals surface area contributed by atoms with Crippen molar-refractivity contribution in [1.82, 2.24) is 5.32 Å². The maximum atomic E-state index is 11.8. The second kappa shape index (κ2) is 6.72. The van der Waals surface area contributed by atoms with E-state index in [2.05, 4.69) is 17.4 Å². The number of Topliss-reactive ketones (excluding diaryl/α,β-unsaturated/α-hetero) is 1. The van der Waals surface area contributed by atoms with E-state index in [0.717, 1.165) is 18.5 Å². The van der Waals surface area contributed by atoms with Crippen LogP contribution in [-0.4, -0.2) is 18.9 Å². The molecule has 0 spiro atoms. The van der Waals surface area contributed by atoms with Crippen molar-refractivity contribution in [3.8, 4) is 0 Å². The number of hydrogen-bond acceptors (Lipinski definition) is 2. The van der Waals surface area contributed by atoms with Gasteiger partial charge in [-0.3, -0.25) is 4.79 Å². The molecule has 18 heavy (non-hydrogen) atoms. The van der Waals surface area contributed by atoms with E-state index < -0.39 is 0 Å². The molecule has 1 N–H and O–H groups in total. The van der Waals surface area contributed by atoms with Gasteiger partial charge in [-0.25, -0.2) is 0 Å². The Bertz CT molecular complexity index is 479. The maximum Gasteiger partial charge on any atom is 0.176 e. The minimum Gasteiger partial charge on any atom is -0.309 e. The zero-order valence-corrected chi connectivity index (χ0v) is 10.3. The summed E-state index contributed by atoms with van der Waals surface area (Å²) in [6.45, 7) is 1.22. The standard InChI is InChI=1S/C16H17NO/c18-16(15-9-5-2-6-10-15)13-17-12-11-14-7-3-1-4-8-14/h1-10,17H,11-13H2. The third-order valence-electron chi connectivity index (χ3n) is 2.81. The third-order valence-corrected chi connectivity index (χ3v) is 2.81. The van der Waals surface area contributed by atoms with Gasteiger partial charge in [-0.15, -0.1) is 0 Å². The molecule has 2 aromatic rings. The monoisotopic (exact) mass is 239 g/mol. The number of ketones is 1. The first-order valence-electron chi connectivity index (χ1n) is 6.19. The largest absolute Gasteiger partial charge is 0.309 e. The lowest BCUT2D eigenvalue weighted by Gasteiger charge is -2.04. The Morgan fingerprint density at radius 2 is 1.50 bits per heavy atom. The SMILES string of the molecule is O=C(CNCCc1ccccc1)c1ccccc1. The number of carbonyl (C=O) groups is 1. The highest BCUT2D eigenvalue weighted by Gasteiger charge is 2.03. The minimum atomic E-state index is 0.142. The van der Waals surface area contributed by atoms with E-state index in [1.54, 1.807) is 0 Å². The Kier molecular flexibility index (Phi) is 4.68. The van der Waals surface area contributed by atoms with E-state index in [0.29, 0.717) is 6.54 Å². The van der Waals surface area contributed by atoms with Crippen molar-refractivity contribution < 1.29 is 4.79 Å². The molecule has 2 nitrogen and oxygen atoms in total. The molecular weight excluding hydrogens is 222 g/mol. The first-order valence-corrected chi connectivity index (χ1v) is 6.19. The molecule has 0 atom stereocenters. The molecule has 92 valence electrons. The van der Waals surface area contributed by atoms with Crippen LogP contribution in [0.15, 0.2) is 60.7 Å². The number of rotatable bonds is 6. The molecule has 0 fully saturated rings. The Labute approximate surface area is 108 Å². The van der Waals surface area contributed by atoms with Gasteiger partial charge in [-0.2, -0.15) is 0 Å². The predicted molar refractivity (Wildman–Crippen MR) is 73.8 cm³/mol. The van der Waals surface area contributed by atoms with Crippen molar-refractivity contribution in [2.75, 3.05) is 13.1 Å². The number of hydrogen-bond donors (Lipinski definition) is 1. The fourth-order valence-electron chi connectivity index (χ4n) is 1.81. The van der Waals surface area contributed by atoms with Crippen molar-refractivity contribution in [2.24, 2.45) is 0 Å². The van der Waals surface area contributed by atoms with E-state index >= 15 is 0 Å². The summed E-state index contributed by atoms with van der Waals surface area (Å²) in [6, 6.07) is 19.7. The van der Waals surface area contributed by atoms with Gasteiger partial charge in [0.1, 0.15) is 0 Å². The number of nitrogens with one attached hydrogen (secondary N) is 1. The van der Waals surface area contributed by atoms with Gasteiger partial charge in [-0.05, 0) is 18.5 Å². The average Bonchev–Trinajstić information content (AvgIpc) is 2.45. The van der Waals surface area contributed by atoms with E-state index in [4.69, 9.17) is 0 Å². The summed E-state index contributed by atoms with van der Waals surface area (Å²) in [4.78, 5) is 11.8. The van der Waals surface area contributed by atoms with Crippen LogP contribution < -0.4 is 5.32 Å². The fourth-order valence-corrected chi connectivity index (χ4v) is 1.81. The zero-order chi connectivity index (χ0) is 12.6. The summed E-state index contributed by atoms with van der Waals surface area (Å²) in [6.07, 6.45) is 0.947. The van der Waals surface area contributed by atoms with Gasteiger partial charge in [0.2, 0.25) is 0 Å². The van der Waals surface area contributed by atoms with Crippen LogP contribution in [0.4, 0.5) is 0 Å². The van der Waals surface area contributed by atoms with Crippen molar-refractivity contribution >= 4 is 5.78 Å². The highest BCUT2D eigenvalue weighted by molar-refractivity contribution is 5.97. The van der Waals surface area contributed by atoms with Crippen molar-refractivity contribution in [2.45, 2.75) is 6.42 Å². The normalized spacial score (nSPS) is 10.2. The van der Waals surface area contributed by atoms with Gasteiger partial charge in [-0.1, -0.05) is 60.7 Å². The zero-order valence-electron chi connectivity index (χ0n) is 10.3. The molecule has 0 amide bonds. The van der Waals surface area contributed by atoms with Crippen LogP contribution >= 0.6 is 0 Å². The van der Waals surface area contributed by atoms with E-state index in [1.165, 1.54) is 5.56 Å². The van der Waals surface area contributed by atoms with Crippen molar-refractivity contribution in [3.63, 3.8) is 0 Å². The van der Waals surface area contributed by atoms with E-state index in [9.17, 15) is 4.79 Å². The van der Waals surface area contributed by atoms with E-state index in [-0.39, 0.29) is 5.78 Å².